The van der Waals surface area contributed by atoms with E-state index in [-0.39, 0.29) is 6.04 Å². The van der Waals surface area contributed by atoms with Crippen LogP contribution in [0, 0.1) is 11.8 Å². The van der Waals surface area contributed by atoms with E-state index in [9.17, 15) is 8.42 Å². The van der Waals surface area contributed by atoms with Gasteiger partial charge in [0.05, 0.1) is 11.5 Å². The van der Waals surface area contributed by atoms with Crippen molar-refractivity contribution in [2.24, 2.45) is 17.6 Å². The van der Waals surface area contributed by atoms with Crippen molar-refractivity contribution in [2.75, 3.05) is 31.1 Å². The van der Waals surface area contributed by atoms with Gasteiger partial charge in [0.1, 0.15) is 0 Å². The molecule has 1 heterocycles. The van der Waals surface area contributed by atoms with Crippen LogP contribution in [0.3, 0.4) is 0 Å². The fourth-order valence-corrected chi connectivity index (χ4v) is 4.57. The Bertz CT molecular complexity index is 354. The van der Waals surface area contributed by atoms with Gasteiger partial charge in [0, 0.05) is 12.6 Å². The first-order valence-corrected chi connectivity index (χ1v) is 9.32. The van der Waals surface area contributed by atoms with Gasteiger partial charge in [0.25, 0.3) is 0 Å². The van der Waals surface area contributed by atoms with Gasteiger partial charge in [-0.25, -0.2) is 8.42 Å². The molecule has 1 saturated heterocycles. The first kappa shape index (κ1) is 16.9. The van der Waals surface area contributed by atoms with E-state index >= 15 is 0 Å². The summed E-state index contributed by atoms with van der Waals surface area (Å²) in [5.74, 6) is 2.04. The Balaban J connectivity index is 2.33. The van der Waals surface area contributed by atoms with Crippen LogP contribution in [-0.4, -0.2) is 50.5 Å². The zero-order chi connectivity index (χ0) is 14.5. The van der Waals surface area contributed by atoms with Crippen molar-refractivity contribution < 1.29 is 8.42 Å². The van der Waals surface area contributed by atoms with Crippen LogP contribution >= 0.6 is 0 Å². The average Bonchev–Trinajstić information content (AvgIpc) is 2.29. The topological polar surface area (TPSA) is 63.4 Å². The standard InChI is InChI=1S/C14H30N2O2S/c1-12(2)14(6-7-15)5-4-8-16-9-10-19(17,18)11-13(16)3/h12-14H,4-11,15H2,1-3H3. The van der Waals surface area contributed by atoms with E-state index in [1.807, 2.05) is 6.92 Å². The molecule has 2 N–H and O–H groups in total. The van der Waals surface area contributed by atoms with Crippen molar-refractivity contribution in [1.29, 1.82) is 0 Å². The van der Waals surface area contributed by atoms with Crippen molar-refractivity contribution in [3.63, 3.8) is 0 Å². The van der Waals surface area contributed by atoms with Crippen LogP contribution in [-0.2, 0) is 9.84 Å². The number of nitrogens with two attached hydrogens (primary N) is 1. The Labute approximate surface area is 118 Å². The predicted molar refractivity (Wildman–Crippen MR) is 80.9 cm³/mol. The Morgan fingerprint density at radius 3 is 2.53 bits per heavy atom. The quantitative estimate of drug-likeness (QED) is 0.772. The summed E-state index contributed by atoms with van der Waals surface area (Å²) in [6, 6.07) is 0.172. The minimum Gasteiger partial charge on any atom is -0.330 e. The number of sulfone groups is 1. The molecule has 0 amide bonds. The van der Waals surface area contributed by atoms with Gasteiger partial charge in [-0.05, 0) is 51.1 Å². The minimum absolute atomic E-state index is 0.172. The zero-order valence-corrected chi connectivity index (χ0v) is 13.5. The van der Waals surface area contributed by atoms with Crippen molar-refractivity contribution >= 4 is 9.84 Å². The zero-order valence-electron chi connectivity index (χ0n) is 12.6. The van der Waals surface area contributed by atoms with Crippen molar-refractivity contribution in [3.8, 4) is 0 Å². The van der Waals surface area contributed by atoms with E-state index < -0.39 is 9.84 Å². The van der Waals surface area contributed by atoms with E-state index in [0.29, 0.717) is 29.9 Å². The molecule has 0 aliphatic carbocycles. The maximum atomic E-state index is 11.5. The summed E-state index contributed by atoms with van der Waals surface area (Å²) in [4.78, 5) is 2.32. The molecule has 0 aromatic rings. The summed E-state index contributed by atoms with van der Waals surface area (Å²) in [6.45, 7) is 9.03. The summed E-state index contributed by atoms with van der Waals surface area (Å²) in [5.41, 5.74) is 5.66. The summed E-state index contributed by atoms with van der Waals surface area (Å²) in [6.07, 6.45) is 3.44. The maximum Gasteiger partial charge on any atom is 0.153 e. The van der Waals surface area contributed by atoms with Gasteiger partial charge in [-0.1, -0.05) is 13.8 Å². The molecule has 0 bridgehead atoms. The van der Waals surface area contributed by atoms with Crippen LogP contribution in [0.2, 0.25) is 0 Å². The van der Waals surface area contributed by atoms with Gasteiger partial charge in [-0.2, -0.15) is 0 Å². The van der Waals surface area contributed by atoms with Gasteiger partial charge in [-0.15, -0.1) is 0 Å². The summed E-state index contributed by atoms with van der Waals surface area (Å²) in [7, 11) is -2.79. The highest BCUT2D eigenvalue weighted by molar-refractivity contribution is 7.91. The SMILES string of the molecule is CC(C)C(CCN)CCCN1CCS(=O)(=O)CC1C. The third kappa shape index (κ3) is 5.79. The lowest BCUT2D eigenvalue weighted by atomic mass is 9.88. The molecule has 19 heavy (non-hydrogen) atoms. The molecule has 2 atom stereocenters. The van der Waals surface area contributed by atoms with E-state index in [0.717, 1.165) is 25.9 Å². The van der Waals surface area contributed by atoms with Crippen LogP contribution in [0.5, 0.6) is 0 Å². The largest absolute Gasteiger partial charge is 0.330 e. The van der Waals surface area contributed by atoms with Crippen LogP contribution in [0.15, 0.2) is 0 Å². The first-order valence-electron chi connectivity index (χ1n) is 7.50. The van der Waals surface area contributed by atoms with Crippen molar-refractivity contribution in [1.82, 2.24) is 4.90 Å². The molecule has 0 aromatic carbocycles. The van der Waals surface area contributed by atoms with Crippen molar-refractivity contribution in [2.45, 2.75) is 46.1 Å². The normalized spacial score (nSPS) is 25.6. The second-order valence-electron chi connectivity index (χ2n) is 6.22. The molecule has 0 aromatic heterocycles. The molecule has 1 rings (SSSR count). The van der Waals surface area contributed by atoms with Gasteiger partial charge >= 0.3 is 0 Å². The lowest BCUT2D eigenvalue weighted by molar-refractivity contribution is 0.210. The molecule has 1 aliphatic heterocycles. The van der Waals surface area contributed by atoms with Gasteiger partial charge in [0.15, 0.2) is 9.84 Å². The maximum absolute atomic E-state index is 11.5. The monoisotopic (exact) mass is 290 g/mol. The highest BCUT2D eigenvalue weighted by atomic mass is 32.2. The average molecular weight is 290 g/mol. The Kier molecular flexibility index (Phi) is 6.77. The number of nitrogens with zero attached hydrogens (tertiary/aromatic N) is 1. The highest BCUT2D eigenvalue weighted by Gasteiger charge is 2.27. The first-order chi connectivity index (χ1) is 8.85. The van der Waals surface area contributed by atoms with Gasteiger partial charge in [-0.3, -0.25) is 4.90 Å². The van der Waals surface area contributed by atoms with Gasteiger partial charge < -0.3 is 5.73 Å². The lowest BCUT2D eigenvalue weighted by Crippen LogP contribution is -2.47. The fraction of sp³-hybridized carbons (Fsp3) is 1.00. The third-order valence-corrected chi connectivity index (χ3v) is 6.10. The predicted octanol–water partition coefficient (Wildman–Crippen LogP) is 1.51. The molecule has 2 unspecified atom stereocenters. The molecular formula is C14H30N2O2S. The molecule has 4 nitrogen and oxygen atoms in total. The van der Waals surface area contributed by atoms with Crippen LogP contribution in [0.25, 0.3) is 0 Å². The highest BCUT2D eigenvalue weighted by Crippen LogP contribution is 2.21. The number of hydrogen-bond acceptors (Lipinski definition) is 4. The minimum atomic E-state index is -2.79. The smallest absolute Gasteiger partial charge is 0.153 e. The lowest BCUT2D eigenvalue weighted by Gasteiger charge is -2.33. The molecule has 5 heteroatoms. The van der Waals surface area contributed by atoms with Crippen LogP contribution in [0.1, 0.15) is 40.0 Å². The summed E-state index contributed by atoms with van der Waals surface area (Å²) < 4.78 is 23.0. The van der Waals surface area contributed by atoms with E-state index in [1.54, 1.807) is 0 Å². The van der Waals surface area contributed by atoms with E-state index in [1.165, 1.54) is 6.42 Å². The number of rotatable bonds is 7. The Hall–Kier alpha value is -0.130. The fourth-order valence-electron chi connectivity index (χ4n) is 2.95. The molecule has 114 valence electrons. The molecule has 0 spiro atoms. The van der Waals surface area contributed by atoms with E-state index in [2.05, 4.69) is 18.7 Å². The second kappa shape index (κ2) is 7.60. The molecule has 0 radical (unpaired) electrons. The van der Waals surface area contributed by atoms with Crippen LogP contribution < -0.4 is 5.73 Å². The second-order valence-corrected chi connectivity index (χ2v) is 8.45. The van der Waals surface area contributed by atoms with Gasteiger partial charge in [0.2, 0.25) is 0 Å². The Morgan fingerprint density at radius 1 is 1.32 bits per heavy atom. The Morgan fingerprint density at radius 2 is 2.00 bits per heavy atom. The molecule has 0 saturated carbocycles. The number of hydrogen-bond donors (Lipinski definition) is 1. The van der Waals surface area contributed by atoms with E-state index in [4.69, 9.17) is 5.73 Å². The molecule has 1 aliphatic rings. The summed E-state index contributed by atoms with van der Waals surface area (Å²) in [5, 5.41) is 0. The molecular weight excluding hydrogens is 260 g/mol. The van der Waals surface area contributed by atoms with Crippen molar-refractivity contribution in [3.05, 3.63) is 0 Å². The third-order valence-electron chi connectivity index (χ3n) is 4.31. The molecule has 1 fully saturated rings. The summed E-state index contributed by atoms with van der Waals surface area (Å²) >= 11 is 0. The van der Waals surface area contributed by atoms with Crippen LogP contribution in [0.4, 0.5) is 0 Å².